The number of thiazole rings is 1. The highest BCUT2D eigenvalue weighted by Gasteiger charge is 2.21. The molecule has 1 aliphatic rings. The lowest BCUT2D eigenvalue weighted by Gasteiger charge is -2.25. The summed E-state index contributed by atoms with van der Waals surface area (Å²) < 4.78 is 5.80. The highest BCUT2D eigenvalue weighted by molar-refractivity contribution is 7.09. The zero-order chi connectivity index (χ0) is 21.1. The number of hydrogen-bond acceptors (Lipinski definition) is 5. The predicted molar refractivity (Wildman–Crippen MR) is 121 cm³/mol. The maximum Gasteiger partial charge on any atom is 0.331 e. The Morgan fingerprint density at radius 1 is 1.27 bits per heavy atom. The first kappa shape index (κ1) is 20.2. The summed E-state index contributed by atoms with van der Waals surface area (Å²) in [7, 11) is 0. The van der Waals surface area contributed by atoms with E-state index >= 15 is 0 Å². The maximum absolute atomic E-state index is 11.8. The SMILES string of the molecule is CCOc1ccccc1-c1ccc2c(c1)C=C(C(=O)O)CCN2Cc1scnc1C. The number of benzene rings is 2. The number of rotatable bonds is 6. The summed E-state index contributed by atoms with van der Waals surface area (Å²) >= 11 is 1.64. The number of nitrogens with zero attached hydrogens (tertiary/aromatic N) is 2. The smallest absolute Gasteiger partial charge is 0.331 e. The van der Waals surface area contributed by atoms with E-state index < -0.39 is 5.97 Å². The van der Waals surface area contributed by atoms with Crippen LogP contribution in [0.3, 0.4) is 0 Å². The molecular weight excluding hydrogens is 396 g/mol. The Balaban J connectivity index is 1.78. The van der Waals surface area contributed by atoms with Crippen molar-refractivity contribution >= 4 is 29.1 Å². The van der Waals surface area contributed by atoms with Gasteiger partial charge in [0, 0.05) is 28.2 Å². The van der Waals surface area contributed by atoms with Crippen LogP contribution in [-0.4, -0.2) is 29.2 Å². The fourth-order valence-electron chi connectivity index (χ4n) is 3.73. The Hall–Kier alpha value is -3.12. The van der Waals surface area contributed by atoms with E-state index in [1.165, 1.54) is 4.88 Å². The van der Waals surface area contributed by atoms with Gasteiger partial charge < -0.3 is 14.7 Å². The zero-order valence-electron chi connectivity index (χ0n) is 17.1. The maximum atomic E-state index is 11.8. The molecule has 0 unspecified atom stereocenters. The van der Waals surface area contributed by atoms with Gasteiger partial charge in [-0.25, -0.2) is 9.78 Å². The van der Waals surface area contributed by atoms with Crippen LogP contribution in [-0.2, 0) is 11.3 Å². The molecule has 0 aliphatic carbocycles. The van der Waals surface area contributed by atoms with Crippen LogP contribution in [0, 0.1) is 6.92 Å². The molecule has 1 aromatic heterocycles. The van der Waals surface area contributed by atoms with E-state index in [0.717, 1.165) is 40.4 Å². The molecule has 0 spiro atoms. The van der Waals surface area contributed by atoms with Crippen LogP contribution in [0.5, 0.6) is 5.75 Å². The first-order valence-electron chi connectivity index (χ1n) is 10.0. The zero-order valence-corrected chi connectivity index (χ0v) is 17.9. The second-order valence-corrected chi connectivity index (χ2v) is 8.15. The van der Waals surface area contributed by atoms with Gasteiger partial charge in [0.25, 0.3) is 0 Å². The molecule has 1 N–H and O–H groups in total. The molecule has 0 bridgehead atoms. The third-order valence-electron chi connectivity index (χ3n) is 5.30. The molecule has 6 heteroatoms. The monoisotopic (exact) mass is 420 g/mol. The summed E-state index contributed by atoms with van der Waals surface area (Å²) in [5.41, 5.74) is 7.27. The van der Waals surface area contributed by atoms with Gasteiger partial charge in [-0.1, -0.05) is 24.3 Å². The summed E-state index contributed by atoms with van der Waals surface area (Å²) in [5, 5.41) is 9.66. The van der Waals surface area contributed by atoms with E-state index in [1.54, 1.807) is 11.3 Å². The van der Waals surface area contributed by atoms with Gasteiger partial charge in [-0.05, 0) is 55.7 Å². The van der Waals surface area contributed by atoms with E-state index in [4.69, 9.17) is 4.74 Å². The van der Waals surface area contributed by atoms with Crippen molar-refractivity contribution < 1.29 is 14.6 Å². The average molecular weight is 421 g/mol. The molecule has 4 rings (SSSR count). The van der Waals surface area contributed by atoms with Crippen LogP contribution < -0.4 is 9.64 Å². The summed E-state index contributed by atoms with van der Waals surface area (Å²) in [6.45, 7) is 5.94. The van der Waals surface area contributed by atoms with Gasteiger partial charge in [0.2, 0.25) is 0 Å². The van der Waals surface area contributed by atoms with Crippen LogP contribution in [0.15, 0.2) is 53.5 Å². The van der Waals surface area contributed by atoms with Crippen LogP contribution in [0.2, 0.25) is 0 Å². The van der Waals surface area contributed by atoms with Crippen molar-refractivity contribution in [1.29, 1.82) is 0 Å². The third kappa shape index (κ3) is 4.09. The lowest BCUT2D eigenvalue weighted by Crippen LogP contribution is -2.24. The second-order valence-electron chi connectivity index (χ2n) is 7.21. The first-order valence-corrected chi connectivity index (χ1v) is 10.9. The van der Waals surface area contributed by atoms with Gasteiger partial charge in [0.15, 0.2) is 0 Å². The molecule has 0 radical (unpaired) electrons. The fraction of sp³-hybridized carbons (Fsp3) is 0.250. The molecule has 0 amide bonds. The number of fused-ring (bicyclic) bond motifs is 1. The minimum Gasteiger partial charge on any atom is -0.493 e. The number of carboxylic acid groups (broad SMARTS) is 1. The number of aliphatic carboxylic acids is 1. The molecule has 154 valence electrons. The van der Waals surface area contributed by atoms with Crippen LogP contribution >= 0.6 is 11.3 Å². The van der Waals surface area contributed by atoms with E-state index in [-0.39, 0.29) is 0 Å². The minimum absolute atomic E-state index is 0.426. The average Bonchev–Trinajstić information content (AvgIpc) is 3.05. The Kier molecular flexibility index (Phi) is 5.86. The van der Waals surface area contributed by atoms with Gasteiger partial charge in [-0.15, -0.1) is 11.3 Å². The molecule has 2 heterocycles. The number of carboxylic acids is 1. The number of hydrogen-bond donors (Lipinski definition) is 1. The molecule has 30 heavy (non-hydrogen) atoms. The van der Waals surface area contributed by atoms with E-state index in [2.05, 4.69) is 28.1 Å². The Morgan fingerprint density at radius 3 is 2.83 bits per heavy atom. The molecule has 0 saturated carbocycles. The van der Waals surface area contributed by atoms with Crippen LogP contribution in [0.25, 0.3) is 17.2 Å². The molecule has 0 atom stereocenters. The van der Waals surface area contributed by atoms with E-state index in [0.29, 0.717) is 25.1 Å². The van der Waals surface area contributed by atoms with Crippen molar-refractivity contribution in [3.05, 3.63) is 69.7 Å². The Morgan fingerprint density at radius 2 is 2.10 bits per heavy atom. The largest absolute Gasteiger partial charge is 0.493 e. The van der Waals surface area contributed by atoms with Crippen molar-refractivity contribution in [3.8, 4) is 16.9 Å². The van der Waals surface area contributed by atoms with E-state index in [9.17, 15) is 9.90 Å². The number of aryl methyl sites for hydroxylation is 1. The van der Waals surface area contributed by atoms with Crippen molar-refractivity contribution in [2.75, 3.05) is 18.1 Å². The second kappa shape index (κ2) is 8.71. The van der Waals surface area contributed by atoms with Crippen molar-refractivity contribution in [2.45, 2.75) is 26.8 Å². The number of ether oxygens (including phenoxy) is 1. The number of anilines is 1. The Bertz CT molecular complexity index is 1100. The van der Waals surface area contributed by atoms with Gasteiger partial charge >= 0.3 is 5.97 Å². The summed E-state index contributed by atoms with van der Waals surface area (Å²) in [6, 6.07) is 14.2. The quantitative estimate of drug-likeness (QED) is 0.579. The molecule has 0 saturated heterocycles. The standard InChI is InChI=1S/C24H24N2O3S/c1-3-29-22-7-5-4-6-20(22)17-8-9-21-19(12-17)13-18(24(27)28)10-11-26(21)14-23-16(2)25-15-30-23/h4-9,12-13,15H,3,10-11,14H2,1-2H3,(H,27,28). The van der Waals surface area contributed by atoms with Gasteiger partial charge in [0.05, 0.1) is 24.4 Å². The molecule has 3 aromatic rings. The van der Waals surface area contributed by atoms with Gasteiger partial charge in [-0.3, -0.25) is 0 Å². The van der Waals surface area contributed by atoms with E-state index in [1.807, 2.05) is 49.7 Å². The molecular formula is C24H24N2O3S. The third-order valence-corrected chi connectivity index (χ3v) is 6.22. The normalized spacial score (nSPS) is 13.4. The molecule has 2 aromatic carbocycles. The molecule has 5 nitrogen and oxygen atoms in total. The highest BCUT2D eigenvalue weighted by atomic mass is 32.1. The minimum atomic E-state index is -0.864. The fourth-order valence-corrected chi connectivity index (χ4v) is 4.52. The van der Waals surface area contributed by atoms with Crippen molar-refractivity contribution in [1.82, 2.24) is 4.98 Å². The van der Waals surface area contributed by atoms with Gasteiger partial charge in [-0.2, -0.15) is 0 Å². The lowest BCUT2D eigenvalue weighted by atomic mass is 9.99. The van der Waals surface area contributed by atoms with Gasteiger partial charge in [0.1, 0.15) is 5.75 Å². The summed E-state index contributed by atoms with van der Waals surface area (Å²) in [6.07, 6.45) is 2.30. The molecule has 0 fully saturated rings. The highest BCUT2D eigenvalue weighted by Crippen LogP contribution is 2.36. The first-order chi connectivity index (χ1) is 14.6. The number of carbonyl (C=O) groups is 1. The van der Waals surface area contributed by atoms with Crippen LogP contribution in [0.1, 0.15) is 29.5 Å². The summed E-state index contributed by atoms with van der Waals surface area (Å²) in [5.74, 6) is -0.0370. The van der Waals surface area contributed by atoms with Crippen molar-refractivity contribution in [3.63, 3.8) is 0 Å². The molecule has 1 aliphatic heterocycles. The van der Waals surface area contributed by atoms with Crippen LogP contribution in [0.4, 0.5) is 5.69 Å². The van der Waals surface area contributed by atoms with Crippen molar-refractivity contribution in [2.24, 2.45) is 0 Å². The topological polar surface area (TPSA) is 62.7 Å². The number of aromatic nitrogens is 1. The predicted octanol–water partition coefficient (Wildman–Crippen LogP) is 5.40. The number of para-hydroxylation sites is 1. The Labute approximate surface area is 180 Å². The summed E-state index contributed by atoms with van der Waals surface area (Å²) in [4.78, 5) is 19.6. The lowest BCUT2D eigenvalue weighted by molar-refractivity contribution is -0.132.